The average molecular weight is 350 g/mol. The summed E-state index contributed by atoms with van der Waals surface area (Å²) in [6, 6.07) is 10.7. The zero-order valence-electron chi connectivity index (χ0n) is 15.5. The van der Waals surface area contributed by atoms with Crippen LogP contribution in [0, 0.1) is 6.92 Å². The van der Waals surface area contributed by atoms with E-state index in [4.69, 9.17) is 9.15 Å². The van der Waals surface area contributed by atoms with Gasteiger partial charge in [-0.2, -0.15) is 0 Å². The molecule has 0 bridgehead atoms. The zero-order valence-corrected chi connectivity index (χ0v) is 15.5. The fourth-order valence-electron chi connectivity index (χ4n) is 3.08. The Morgan fingerprint density at radius 3 is 2.42 bits per heavy atom. The fraction of sp³-hybridized carbons (Fsp3) is 0.273. The maximum absolute atomic E-state index is 12.3. The Bertz CT molecular complexity index is 962. The van der Waals surface area contributed by atoms with E-state index in [2.05, 4.69) is 26.8 Å². The van der Waals surface area contributed by atoms with Crippen molar-refractivity contribution >= 4 is 22.7 Å². The number of hydrogen-bond acceptors (Lipinski definition) is 4. The SMILES string of the molecule is CC(=O)c1ccc(OC(=O)Cc2coc3cc(C)c(C(C)C)cc23)cc1. The Kier molecular flexibility index (Phi) is 4.94. The van der Waals surface area contributed by atoms with Crippen LogP contribution in [0.5, 0.6) is 5.75 Å². The van der Waals surface area contributed by atoms with Gasteiger partial charge in [-0.15, -0.1) is 0 Å². The van der Waals surface area contributed by atoms with E-state index in [-0.39, 0.29) is 18.2 Å². The molecule has 3 rings (SSSR count). The first kappa shape index (κ1) is 17.9. The summed E-state index contributed by atoms with van der Waals surface area (Å²) in [5, 5.41) is 0.947. The molecule has 0 saturated carbocycles. The first-order chi connectivity index (χ1) is 12.3. The summed E-state index contributed by atoms with van der Waals surface area (Å²) in [5.74, 6) is 0.430. The van der Waals surface area contributed by atoms with Crippen molar-refractivity contribution in [3.05, 3.63) is 64.9 Å². The third-order valence-electron chi connectivity index (χ3n) is 4.49. The van der Waals surface area contributed by atoms with Crippen LogP contribution < -0.4 is 4.74 Å². The van der Waals surface area contributed by atoms with Crippen molar-refractivity contribution in [1.29, 1.82) is 0 Å². The van der Waals surface area contributed by atoms with Gasteiger partial charge >= 0.3 is 5.97 Å². The van der Waals surface area contributed by atoms with Crippen LogP contribution in [0.2, 0.25) is 0 Å². The first-order valence-electron chi connectivity index (χ1n) is 8.67. The molecule has 3 aromatic rings. The van der Waals surface area contributed by atoms with Crippen LogP contribution in [0.4, 0.5) is 0 Å². The molecule has 0 fully saturated rings. The highest BCUT2D eigenvalue weighted by Gasteiger charge is 2.15. The number of fused-ring (bicyclic) bond motifs is 1. The van der Waals surface area contributed by atoms with E-state index in [0.29, 0.717) is 17.2 Å². The van der Waals surface area contributed by atoms with Gasteiger partial charge < -0.3 is 9.15 Å². The number of ether oxygens (including phenoxy) is 1. The number of rotatable bonds is 5. The van der Waals surface area contributed by atoms with Crippen molar-refractivity contribution in [3.63, 3.8) is 0 Å². The van der Waals surface area contributed by atoms with Crippen LogP contribution in [0.3, 0.4) is 0 Å². The molecule has 2 aromatic carbocycles. The molecule has 0 spiro atoms. The summed E-state index contributed by atoms with van der Waals surface area (Å²) < 4.78 is 11.0. The van der Waals surface area contributed by atoms with Gasteiger partial charge in [-0.1, -0.05) is 13.8 Å². The minimum atomic E-state index is -0.366. The Labute approximate surface area is 152 Å². The molecular formula is C22H22O4. The number of Topliss-reactive ketones (excluding diaryl/α,β-unsaturated/α-hetero) is 1. The van der Waals surface area contributed by atoms with Crippen LogP contribution in [0.1, 0.15) is 53.7 Å². The monoisotopic (exact) mass is 350 g/mol. The zero-order chi connectivity index (χ0) is 18.8. The van der Waals surface area contributed by atoms with Gasteiger partial charge in [0.25, 0.3) is 0 Å². The van der Waals surface area contributed by atoms with Gasteiger partial charge in [-0.05, 0) is 67.3 Å². The lowest BCUT2D eigenvalue weighted by Gasteiger charge is -2.10. The minimum absolute atomic E-state index is 0.0241. The van der Waals surface area contributed by atoms with E-state index >= 15 is 0 Å². The van der Waals surface area contributed by atoms with Gasteiger partial charge in [0.2, 0.25) is 0 Å². The minimum Gasteiger partial charge on any atom is -0.464 e. The highest BCUT2D eigenvalue weighted by Crippen LogP contribution is 2.29. The van der Waals surface area contributed by atoms with E-state index < -0.39 is 0 Å². The first-order valence-corrected chi connectivity index (χ1v) is 8.67. The van der Waals surface area contributed by atoms with Gasteiger partial charge in [0, 0.05) is 16.5 Å². The molecule has 0 aliphatic heterocycles. The smallest absolute Gasteiger partial charge is 0.315 e. The van der Waals surface area contributed by atoms with E-state index in [1.807, 2.05) is 6.07 Å². The molecule has 0 unspecified atom stereocenters. The second kappa shape index (κ2) is 7.16. The molecule has 4 nitrogen and oxygen atoms in total. The number of furan rings is 1. The summed E-state index contributed by atoms with van der Waals surface area (Å²) in [6.45, 7) is 7.86. The van der Waals surface area contributed by atoms with Crippen molar-refractivity contribution < 1.29 is 18.7 Å². The topological polar surface area (TPSA) is 56.5 Å². The Morgan fingerprint density at radius 2 is 1.81 bits per heavy atom. The van der Waals surface area contributed by atoms with Crippen molar-refractivity contribution in [3.8, 4) is 5.75 Å². The lowest BCUT2D eigenvalue weighted by atomic mass is 9.95. The van der Waals surface area contributed by atoms with Gasteiger partial charge in [0.05, 0.1) is 12.7 Å². The van der Waals surface area contributed by atoms with Crippen LogP contribution in [0.25, 0.3) is 11.0 Å². The maximum Gasteiger partial charge on any atom is 0.315 e. The summed E-state index contributed by atoms with van der Waals surface area (Å²) in [6.07, 6.45) is 1.75. The third-order valence-corrected chi connectivity index (χ3v) is 4.49. The van der Waals surface area contributed by atoms with E-state index in [9.17, 15) is 9.59 Å². The summed E-state index contributed by atoms with van der Waals surface area (Å²) in [7, 11) is 0. The fourth-order valence-corrected chi connectivity index (χ4v) is 3.08. The van der Waals surface area contributed by atoms with E-state index in [0.717, 1.165) is 16.5 Å². The van der Waals surface area contributed by atoms with Crippen LogP contribution in [0.15, 0.2) is 47.1 Å². The Hall–Kier alpha value is -2.88. The molecule has 1 heterocycles. The number of hydrogen-bond donors (Lipinski definition) is 0. The molecule has 0 aliphatic carbocycles. The molecule has 0 amide bonds. The predicted octanol–water partition coefficient (Wildman–Crippen LogP) is 5.22. The Balaban J connectivity index is 1.78. The van der Waals surface area contributed by atoms with Gasteiger partial charge in [0.1, 0.15) is 11.3 Å². The largest absolute Gasteiger partial charge is 0.464 e. The van der Waals surface area contributed by atoms with Gasteiger partial charge in [-0.3, -0.25) is 9.59 Å². The molecular weight excluding hydrogens is 328 g/mol. The molecule has 1 aromatic heterocycles. The van der Waals surface area contributed by atoms with Gasteiger partial charge in [-0.25, -0.2) is 0 Å². The molecule has 0 atom stereocenters. The molecule has 0 aliphatic rings. The second-order valence-corrected chi connectivity index (χ2v) is 6.85. The van der Waals surface area contributed by atoms with E-state index in [1.165, 1.54) is 18.1 Å². The molecule has 0 saturated heterocycles. The molecule has 4 heteroatoms. The predicted molar refractivity (Wildman–Crippen MR) is 101 cm³/mol. The normalized spacial score (nSPS) is 11.1. The quantitative estimate of drug-likeness (QED) is 0.360. The number of carbonyl (C=O) groups is 2. The van der Waals surface area contributed by atoms with Gasteiger partial charge in [0.15, 0.2) is 5.78 Å². The maximum atomic E-state index is 12.3. The average Bonchev–Trinajstić information content (AvgIpc) is 2.95. The molecule has 134 valence electrons. The number of carbonyl (C=O) groups excluding carboxylic acids is 2. The van der Waals surface area contributed by atoms with Crippen LogP contribution in [-0.2, 0) is 11.2 Å². The van der Waals surface area contributed by atoms with Crippen molar-refractivity contribution in [2.45, 2.75) is 40.0 Å². The summed E-state index contributed by atoms with van der Waals surface area (Å²) in [4.78, 5) is 23.6. The summed E-state index contributed by atoms with van der Waals surface area (Å²) >= 11 is 0. The van der Waals surface area contributed by atoms with Crippen molar-refractivity contribution in [2.75, 3.05) is 0 Å². The van der Waals surface area contributed by atoms with Crippen molar-refractivity contribution in [2.24, 2.45) is 0 Å². The number of benzene rings is 2. The number of esters is 1. The van der Waals surface area contributed by atoms with Crippen LogP contribution >= 0.6 is 0 Å². The molecule has 0 N–H and O–H groups in total. The molecule has 26 heavy (non-hydrogen) atoms. The highest BCUT2D eigenvalue weighted by atomic mass is 16.5. The standard InChI is InChI=1S/C22H22O4/c1-13(2)19-11-20-17(12-25-21(20)9-14(19)3)10-22(24)26-18-7-5-16(6-8-18)15(4)23/h5-9,11-13H,10H2,1-4H3. The van der Waals surface area contributed by atoms with Crippen molar-refractivity contribution in [1.82, 2.24) is 0 Å². The van der Waals surface area contributed by atoms with E-state index in [1.54, 1.807) is 30.5 Å². The molecule has 0 radical (unpaired) electrons. The lowest BCUT2D eigenvalue weighted by Crippen LogP contribution is -2.11. The highest BCUT2D eigenvalue weighted by molar-refractivity contribution is 5.94. The number of aryl methyl sites for hydroxylation is 1. The third kappa shape index (κ3) is 3.69. The lowest BCUT2D eigenvalue weighted by molar-refractivity contribution is -0.133. The Morgan fingerprint density at radius 1 is 1.12 bits per heavy atom. The van der Waals surface area contributed by atoms with Crippen LogP contribution in [-0.4, -0.2) is 11.8 Å². The summed E-state index contributed by atoms with van der Waals surface area (Å²) in [5.41, 5.74) is 4.60. The number of ketones is 1. The second-order valence-electron chi connectivity index (χ2n) is 6.85.